The van der Waals surface area contributed by atoms with Crippen molar-refractivity contribution in [3.8, 4) is 0 Å². The predicted octanol–water partition coefficient (Wildman–Crippen LogP) is 1.69. The number of thiophene rings is 1. The highest BCUT2D eigenvalue weighted by molar-refractivity contribution is 7.89. The molecule has 0 aliphatic carbocycles. The van der Waals surface area contributed by atoms with E-state index in [0.29, 0.717) is 33.4 Å². The summed E-state index contributed by atoms with van der Waals surface area (Å²) in [6.45, 7) is 1.96. The van der Waals surface area contributed by atoms with Gasteiger partial charge in [0.05, 0.1) is 20.7 Å². The number of nitrogens with one attached hydrogen (secondary N) is 2. The lowest BCUT2D eigenvalue weighted by Crippen LogP contribution is -2.47. The molecule has 222 valence electrons. The summed E-state index contributed by atoms with van der Waals surface area (Å²) in [6, 6.07) is 6.80. The van der Waals surface area contributed by atoms with Gasteiger partial charge in [0.2, 0.25) is 10.0 Å². The maximum absolute atomic E-state index is 13.1. The molecule has 3 N–H and O–H groups in total. The van der Waals surface area contributed by atoms with Crippen molar-refractivity contribution in [1.82, 2.24) is 19.6 Å². The molecule has 1 aliphatic rings. The van der Waals surface area contributed by atoms with Crippen LogP contribution in [0.15, 0.2) is 47.6 Å². The van der Waals surface area contributed by atoms with Crippen molar-refractivity contribution in [2.24, 2.45) is 7.05 Å². The smallest absolute Gasteiger partial charge is 0.325 e. The minimum absolute atomic E-state index is 0.0238. The first-order valence-electron chi connectivity index (χ1n) is 12.6. The number of benzene rings is 1. The van der Waals surface area contributed by atoms with Gasteiger partial charge in [0.15, 0.2) is 6.29 Å². The topological polar surface area (TPSA) is 160 Å². The predicted molar refractivity (Wildman–Crippen MR) is 155 cm³/mol. The van der Waals surface area contributed by atoms with Crippen LogP contribution in [-0.2, 0) is 37.8 Å². The van der Waals surface area contributed by atoms with Gasteiger partial charge in [-0.2, -0.15) is 4.72 Å². The zero-order chi connectivity index (χ0) is 30.2. The third-order valence-electron chi connectivity index (χ3n) is 6.20. The number of nitrogens with zero attached hydrogens (tertiary/aromatic N) is 3. The molecule has 0 bridgehead atoms. The van der Waals surface area contributed by atoms with Crippen LogP contribution in [0.5, 0.6) is 0 Å². The number of hydrogen-bond acceptors (Lipinski definition) is 10. The number of hydrogen-bond donors (Lipinski definition) is 3. The molecule has 2 aromatic heterocycles. The van der Waals surface area contributed by atoms with Gasteiger partial charge < -0.3 is 24.6 Å². The number of rotatable bonds is 11. The normalized spacial score (nSPS) is 15.8. The van der Waals surface area contributed by atoms with Crippen LogP contribution >= 0.6 is 22.9 Å². The van der Waals surface area contributed by atoms with E-state index in [0.717, 1.165) is 12.1 Å². The van der Waals surface area contributed by atoms with Gasteiger partial charge in [0, 0.05) is 51.1 Å². The van der Waals surface area contributed by atoms with Crippen LogP contribution in [0.3, 0.4) is 0 Å². The van der Waals surface area contributed by atoms with Crippen molar-refractivity contribution >= 4 is 56.8 Å². The lowest BCUT2D eigenvalue weighted by Gasteiger charge is -2.22. The maximum Gasteiger partial charge on any atom is 0.325 e. The lowest BCUT2D eigenvalue weighted by molar-refractivity contribution is -0.145. The van der Waals surface area contributed by atoms with Gasteiger partial charge in [-0.05, 0) is 43.8 Å². The minimum Gasteiger partial charge on any atom is -0.464 e. The van der Waals surface area contributed by atoms with Crippen LogP contribution in [0.2, 0.25) is 4.34 Å². The summed E-state index contributed by atoms with van der Waals surface area (Å²) in [5.74, 6) is -0.443. The van der Waals surface area contributed by atoms with E-state index in [9.17, 15) is 27.9 Å². The Balaban J connectivity index is 0.000000496. The Hall–Kier alpha value is -3.14. The second-order valence-electron chi connectivity index (χ2n) is 9.06. The fourth-order valence-corrected chi connectivity index (χ4v) is 6.41. The third kappa shape index (κ3) is 8.44. The Morgan fingerprint density at radius 2 is 2.10 bits per heavy atom. The number of likely N-dealkylation sites (N-methyl/N-ethyl adjacent to an activating group) is 1. The van der Waals surface area contributed by atoms with Gasteiger partial charge >= 0.3 is 5.97 Å². The number of anilines is 1. The van der Waals surface area contributed by atoms with Gasteiger partial charge in [-0.15, -0.1) is 11.3 Å². The Morgan fingerprint density at radius 3 is 2.63 bits per heavy atom. The van der Waals surface area contributed by atoms with Crippen LogP contribution in [0.1, 0.15) is 27.5 Å². The molecule has 12 nitrogen and oxygen atoms in total. The average Bonchev–Trinajstić information content (AvgIpc) is 3.64. The van der Waals surface area contributed by atoms with Crippen molar-refractivity contribution in [3.63, 3.8) is 0 Å². The molecule has 3 heterocycles. The second-order valence-corrected chi connectivity index (χ2v) is 12.5. The maximum atomic E-state index is 13.1. The molecule has 1 amide bonds. The van der Waals surface area contributed by atoms with Crippen molar-refractivity contribution in [2.75, 3.05) is 31.6 Å². The summed E-state index contributed by atoms with van der Waals surface area (Å²) in [6.07, 6.45) is 3.79. The number of aliphatic hydroxyl groups is 1. The number of aldehydes is 1. The molecule has 0 spiro atoms. The van der Waals surface area contributed by atoms with E-state index in [2.05, 4.69) is 15.0 Å². The summed E-state index contributed by atoms with van der Waals surface area (Å²) in [7, 11) is -0.699. The van der Waals surface area contributed by atoms with Gasteiger partial charge in [-0.25, -0.2) is 13.4 Å². The highest BCUT2D eigenvalue weighted by atomic mass is 35.5. The molecule has 41 heavy (non-hydrogen) atoms. The molecule has 0 radical (unpaired) electrons. The summed E-state index contributed by atoms with van der Waals surface area (Å²) < 4.78 is 36.5. The summed E-state index contributed by atoms with van der Waals surface area (Å²) in [4.78, 5) is 40.9. The highest BCUT2D eigenvalue weighted by Gasteiger charge is 2.34. The number of aryl methyl sites for hydroxylation is 1. The molecule has 1 fully saturated rings. The van der Waals surface area contributed by atoms with Crippen LogP contribution in [0.25, 0.3) is 0 Å². The number of amides is 1. The molecule has 3 aromatic rings. The van der Waals surface area contributed by atoms with Crippen LogP contribution in [0, 0.1) is 6.92 Å². The number of aromatic nitrogens is 2. The van der Waals surface area contributed by atoms with E-state index < -0.39 is 34.0 Å². The Morgan fingerprint density at radius 1 is 1.34 bits per heavy atom. The van der Waals surface area contributed by atoms with Crippen LogP contribution < -0.4 is 14.9 Å². The average molecular weight is 626 g/mol. The molecule has 15 heteroatoms. The number of ether oxygens (including phenoxy) is 1. The fraction of sp³-hybridized carbons (Fsp3) is 0.385. The Kier molecular flexibility index (Phi) is 11.6. The first kappa shape index (κ1) is 32.4. The van der Waals surface area contributed by atoms with E-state index in [4.69, 9.17) is 16.3 Å². The highest BCUT2D eigenvalue weighted by Crippen LogP contribution is 2.29. The number of esters is 1. The molecule has 0 saturated carbocycles. The van der Waals surface area contributed by atoms with Crippen molar-refractivity contribution < 1.29 is 32.6 Å². The summed E-state index contributed by atoms with van der Waals surface area (Å²) in [5, 5.41) is 12.5. The van der Waals surface area contributed by atoms with Crippen LogP contribution in [-0.4, -0.2) is 80.1 Å². The number of carbonyl (C=O) groups is 3. The number of sulfonamides is 1. The van der Waals surface area contributed by atoms with E-state index in [1.54, 1.807) is 44.6 Å². The lowest BCUT2D eigenvalue weighted by atomic mass is 10.2. The number of halogens is 1. The Bertz CT molecular complexity index is 1470. The van der Waals surface area contributed by atoms with Crippen molar-refractivity contribution in [1.29, 1.82) is 0 Å². The SMILES string of the molecule is CNC[C@H](NS(=O)(=O)c1cccc(N2CCC(O)C2=O)c1C)C(=O)OCCc1nccn1C.O=Cc1ccc(Cl)s1. The number of aliphatic hydroxyl groups excluding tert-OH is 1. The molecule has 1 aromatic carbocycles. The molecule has 1 unspecified atom stereocenters. The van der Waals surface area contributed by atoms with Gasteiger partial charge in [0.1, 0.15) is 18.0 Å². The quantitative estimate of drug-likeness (QED) is 0.213. The van der Waals surface area contributed by atoms with E-state index in [-0.39, 0.29) is 24.5 Å². The standard InChI is InChI=1S/C21H29N5O6S.C5H3ClOS/c1-14-16(26-10-7-17(27)20(26)28)5-4-6-18(14)33(30,31)24-15(13-22-2)21(29)32-12-8-19-23-9-11-25(19)3;6-5-2-1-4(3-7)8-5/h4-6,9,11,15,17,22,24,27H,7-8,10,12-13H2,1-3H3;1-3H/t15-,17?;/m0./s1. The molecule has 2 atom stereocenters. The summed E-state index contributed by atoms with van der Waals surface area (Å²) >= 11 is 6.78. The molecule has 4 rings (SSSR count). The van der Waals surface area contributed by atoms with E-state index in [1.165, 1.54) is 28.4 Å². The first-order valence-corrected chi connectivity index (χ1v) is 15.3. The monoisotopic (exact) mass is 625 g/mol. The zero-order valence-electron chi connectivity index (χ0n) is 22.7. The molecule has 1 aliphatic heterocycles. The minimum atomic E-state index is -4.12. The fourth-order valence-electron chi connectivity index (χ4n) is 4.09. The van der Waals surface area contributed by atoms with Gasteiger partial charge in [-0.3, -0.25) is 14.4 Å². The first-order chi connectivity index (χ1) is 19.5. The zero-order valence-corrected chi connectivity index (χ0v) is 25.1. The summed E-state index contributed by atoms with van der Waals surface area (Å²) in [5.41, 5.74) is 0.751. The Labute approximate surface area is 247 Å². The number of carbonyl (C=O) groups excluding carboxylic acids is 3. The molecular weight excluding hydrogens is 594 g/mol. The van der Waals surface area contributed by atoms with Gasteiger partial charge in [-0.1, -0.05) is 17.7 Å². The number of imidazole rings is 1. The largest absolute Gasteiger partial charge is 0.464 e. The van der Waals surface area contributed by atoms with Crippen molar-refractivity contribution in [2.45, 2.75) is 36.8 Å². The van der Waals surface area contributed by atoms with E-state index >= 15 is 0 Å². The van der Waals surface area contributed by atoms with Gasteiger partial charge in [0.25, 0.3) is 5.91 Å². The molecule has 1 saturated heterocycles. The molecular formula is C26H32ClN5O7S2. The van der Waals surface area contributed by atoms with Crippen LogP contribution in [0.4, 0.5) is 5.69 Å². The van der Waals surface area contributed by atoms with Crippen molar-refractivity contribution in [3.05, 3.63) is 63.3 Å². The second kappa shape index (κ2) is 14.7. The van der Waals surface area contributed by atoms with E-state index in [1.807, 2.05) is 11.6 Å². The third-order valence-corrected chi connectivity index (χ3v) is 8.98.